The second-order valence-electron chi connectivity index (χ2n) is 10.7. The normalized spacial score (nSPS) is 16.0. The number of alkyl halides is 3. The van der Waals surface area contributed by atoms with Gasteiger partial charge in [0.05, 0.1) is 16.9 Å². The standard InChI is InChI=1S/C29H26F4IN7O2/c30-20-5-4-18(29(31,32)33)12-23(20)39-28(43)38-22-6-3-17(11-21(22)34)19-13-24(41-25(19)26(35)36-14-37-41)15-7-9-40(10-8-15)27(42)16-1-2-16/h3-6,11-16H,1-2,7-10H2,(H2,35,36,37)(H2,38,39,43). The van der Waals surface area contributed by atoms with E-state index in [0.717, 1.165) is 42.5 Å². The highest BCUT2D eigenvalue weighted by molar-refractivity contribution is 14.1. The molecule has 0 spiro atoms. The summed E-state index contributed by atoms with van der Waals surface area (Å²) in [5.41, 5.74) is 8.19. The number of nitrogens with one attached hydrogen (secondary N) is 2. The first-order valence-corrected chi connectivity index (χ1v) is 14.7. The van der Waals surface area contributed by atoms with Crippen LogP contribution in [0.4, 0.5) is 39.5 Å². The molecule has 4 aromatic rings. The van der Waals surface area contributed by atoms with Crippen LogP contribution in [0.2, 0.25) is 0 Å². The summed E-state index contributed by atoms with van der Waals surface area (Å²) in [5.74, 6) is -0.0825. The first-order chi connectivity index (χ1) is 20.5. The van der Waals surface area contributed by atoms with E-state index in [1.165, 1.54) is 6.33 Å². The van der Waals surface area contributed by atoms with Crippen molar-refractivity contribution < 1.29 is 27.2 Å². The van der Waals surface area contributed by atoms with Crippen molar-refractivity contribution in [2.45, 2.75) is 37.8 Å². The number of anilines is 3. The Morgan fingerprint density at radius 1 is 0.977 bits per heavy atom. The van der Waals surface area contributed by atoms with Crippen molar-refractivity contribution in [3.8, 4) is 11.1 Å². The van der Waals surface area contributed by atoms with Crippen LogP contribution in [0.5, 0.6) is 0 Å². The minimum absolute atomic E-state index is 0.166. The monoisotopic (exact) mass is 707 g/mol. The van der Waals surface area contributed by atoms with Gasteiger partial charge in [-0.3, -0.25) is 4.79 Å². The van der Waals surface area contributed by atoms with Crippen LogP contribution in [-0.4, -0.2) is 44.5 Å². The first kappa shape index (κ1) is 29.1. The predicted molar refractivity (Wildman–Crippen MR) is 161 cm³/mol. The Bertz CT molecular complexity index is 1730. The third kappa shape index (κ3) is 5.96. The number of amides is 3. The van der Waals surface area contributed by atoms with Crippen molar-refractivity contribution in [3.05, 3.63) is 69.4 Å². The number of fused-ring (bicyclic) bond motifs is 1. The van der Waals surface area contributed by atoms with Crippen LogP contribution in [0.3, 0.4) is 0 Å². The lowest BCUT2D eigenvalue weighted by molar-refractivity contribution is -0.137. The Kier molecular flexibility index (Phi) is 7.64. The molecule has 3 heterocycles. The molecule has 4 N–H and O–H groups in total. The zero-order chi connectivity index (χ0) is 30.5. The van der Waals surface area contributed by atoms with E-state index in [0.29, 0.717) is 51.9 Å². The maximum absolute atomic E-state index is 14.1. The smallest absolute Gasteiger partial charge is 0.382 e. The van der Waals surface area contributed by atoms with Crippen molar-refractivity contribution in [1.29, 1.82) is 0 Å². The molecular formula is C29H26F4IN7O2. The van der Waals surface area contributed by atoms with E-state index < -0.39 is 29.3 Å². The number of carbonyl (C=O) groups is 2. The van der Waals surface area contributed by atoms with E-state index >= 15 is 0 Å². The lowest BCUT2D eigenvalue weighted by Crippen LogP contribution is -2.39. The SMILES string of the molecule is Nc1ncnn2c(C3CCN(C(=O)C4CC4)CC3)cc(-c3ccc(NC(=O)Nc4cc(C(F)(F)F)ccc4F)c(I)c3)c12. The molecule has 0 bridgehead atoms. The summed E-state index contributed by atoms with van der Waals surface area (Å²) in [6, 6.07) is 8.17. The van der Waals surface area contributed by atoms with E-state index in [1.54, 1.807) is 16.6 Å². The van der Waals surface area contributed by atoms with Crippen LogP contribution < -0.4 is 16.4 Å². The number of carbonyl (C=O) groups excluding carboxylic acids is 2. The summed E-state index contributed by atoms with van der Waals surface area (Å²) in [5, 5.41) is 9.19. The molecule has 224 valence electrons. The molecule has 0 unspecified atom stereocenters. The second-order valence-corrected chi connectivity index (χ2v) is 11.9. The van der Waals surface area contributed by atoms with Crippen molar-refractivity contribution in [2.75, 3.05) is 29.5 Å². The van der Waals surface area contributed by atoms with Crippen molar-refractivity contribution in [3.63, 3.8) is 0 Å². The van der Waals surface area contributed by atoms with Gasteiger partial charge in [0.25, 0.3) is 0 Å². The van der Waals surface area contributed by atoms with E-state index in [9.17, 15) is 27.2 Å². The topological polar surface area (TPSA) is 118 Å². The molecule has 1 saturated carbocycles. The number of nitrogens with zero attached hydrogens (tertiary/aromatic N) is 4. The quantitative estimate of drug-likeness (QED) is 0.162. The summed E-state index contributed by atoms with van der Waals surface area (Å²) < 4.78 is 55.6. The molecule has 0 atom stereocenters. The summed E-state index contributed by atoms with van der Waals surface area (Å²) in [4.78, 5) is 31.2. The molecule has 3 amide bonds. The Morgan fingerprint density at radius 2 is 1.70 bits per heavy atom. The van der Waals surface area contributed by atoms with Crippen LogP contribution in [-0.2, 0) is 11.0 Å². The zero-order valence-electron chi connectivity index (χ0n) is 22.6. The molecule has 1 saturated heterocycles. The number of hydrogen-bond acceptors (Lipinski definition) is 5. The molecule has 0 radical (unpaired) electrons. The summed E-state index contributed by atoms with van der Waals surface area (Å²) in [6.45, 7) is 1.38. The molecule has 1 aliphatic heterocycles. The number of likely N-dealkylation sites (tertiary alicyclic amines) is 1. The molecule has 14 heteroatoms. The van der Waals surface area contributed by atoms with Gasteiger partial charge >= 0.3 is 12.2 Å². The maximum Gasteiger partial charge on any atom is 0.416 e. The summed E-state index contributed by atoms with van der Waals surface area (Å²) >= 11 is 2.03. The average molecular weight is 707 g/mol. The Morgan fingerprint density at radius 3 is 2.37 bits per heavy atom. The van der Waals surface area contributed by atoms with E-state index in [4.69, 9.17) is 5.73 Å². The van der Waals surface area contributed by atoms with Gasteiger partial charge in [0.15, 0.2) is 5.82 Å². The maximum atomic E-state index is 14.1. The lowest BCUT2D eigenvalue weighted by Gasteiger charge is -2.32. The minimum Gasteiger partial charge on any atom is -0.382 e. The van der Waals surface area contributed by atoms with Crippen LogP contribution >= 0.6 is 22.6 Å². The number of halogens is 5. The summed E-state index contributed by atoms with van der Waals surface area (Å²) in [7, 11) is 0. The Labute approximate surface area is 257 Å². The highest BCUT2D eigenvalue weighted by Gasteiger charge is 2.36. The highest BCUT2D eigenvalue weighted by Crippen LogP contribution is 2.39. The van der Waals surface area contributed by atoms with Gasteiger partial charge in [-0.05, 0) is 90.2 Å². The van der Waals surface area contributed by atoms with E-state index in [2.05, 4.69) is 20.7 Å². The van der Waals surface area contributed by atoms with E-state index in [1.807, 2.05) is 39.6 Å². The number of rotatable bonds is 5. The number of nitrogen functional groups attached to an aromatic ring is 1. The van der Waals surface area contributed by atoms with Gasteiger partial charge in [-0.15, -0.1) is 0 Å². The van der Waals surface area contributed by atoms with Gasteiger partial charge < -0.3 is 21.3 Å². The van der Waals surface area contributed by atoms with Gasteiger partial charge in [-0.25, -0.2) is 18.7 Å². The largest absolute Gasteiger partial charge is 0.416 e. The molecule has 1 aliphatic carbocycles. The molecule has 6 rings (SSSR count). The number of urea groups is 1. The van der Waals surface area contributed by atoms with Gasteiger partial charge in [-0.1, -0.05) is 6.07 Å². The van der Waals surface area contributed by atoms with Gasteiger partial charge in [-0.2, -0.15) is 18.3 Å². The minimum atomic E-state index is -4.68. The molecule has 43 heavy (non-hydrogen) atoms. The summed E-state index contributed by atoms with van der Waals surface area (Å²) in [6.07, 6.45) is 0.285. The van der Waals surface area contributed by atoms with E-state index in [-0.39, 0.29) is 17.7 Å². The zero-order valence-corrected chi connectivity index (χ0v) is 24.7. The number of benzene rings is 2. The van der Waals surface area contributed by atoms with Crippen LogP contribution in [0.25, 0.3) is 16.6 Å². The van der Waals surface area contributed by atoms with Crippen LogP contribution in [0.15, 0.2) is 48.8 Å². The van der Waals surface area contributed by atoms with Crippen molar-refractivity contribution in [2.24, 2.45) is 5.92 Å². The van der Waals surface area contributed by atoms with Gasteiger partial charge in [0.2, 0.25) is 5.91 Å². The number of hydrogen-bond donors (Lipinski definition) is 3. The number of piperidine rings is 1. The third-order valence-corrected chi connectivity index (χ3v) is 8.72. The fraction of sp³-hybridized carbons (Fsp3) is 0.310. The van der Waals surface area contributed by atoms with Crippen molar-refractivity contribution in [1.82, 2.24) is 19.5 Å². The average Bonchev–Trinajstić information content (AvgIpc) is 3.74. The Balaban J connectivity index is 1.22. The molecule has 2 aromatic heterocycles. The Hall–Kier alpha value is -3.95. The molecule has 2 aromatic carbocycles. The van der Waals surface area contributed by atoms with Gasteiger partial charge in [0.1, 0.15) is 17.7 Å². The lowest BCUT2D eigenvalue weighted by atomic mass is 9.92. The second kappa shape index (κ2) is 11.3. The molecule has 2 fully saturated rings. The number of aromatic nitrogens is 3. The number of nitrogens with two attached hydrogens (primary N) is 1. The van der Waals surface area contributed by atoms with Gasteiger partial charge in [0, 0.05) is 39.8 Å². The van der Waals surface area contributed by atoms with Crippen LogP contribution in [0, 0.1) is 15.3 Å². The third-order valence-electron chi connectivity index (χ3n) is 7.83. The molecule has 9 nitrogen and oxygen atoms in total. The highest BCUT2D eigenvalue weighted by atomic mass is 127. The molecule has 2 aliphatic rings. The molecular weight excluding hydrogens is 681 g/mol. The van der Waals surface area contributed by atoms with Crippen molar-refractivity contribution >= 4 is 57.2 Å². The van der Waals surface area contributed by atoms with Crippen LogP contribution in [0.1, 0.15) is 42.9 Å². The first-order valence-electron chi connectivity index (χ1n) is 13.6. The fourth-order valence-electron chi connectivity index (χ4n) is 5.44. The fourth-order valence-corrected chi connectivity index (χ4v) is 6.09. The predicted octanol–water partition coefficient (Wildman–Crippen LogP) is 6.50.